The lowest BCUT2D eigenvalue weighted by Crippen LogP contribution is -2.28. The Balaban J connectivity index is 1.19. The second-order valence-corrected chi connectivity index (χ2v) is 12.9. The zero-order chi connectivity index (χ0) is 26.7. The minimum atomic E-state index is -0.618. The van der Waals surface area contributed by atoms with Crippen molar-refractivity contribution < 1.29 is 8.78 Å². The van der Waals surface area contributed by atoms with Crippen LogP contribution in [0.5, 0.6) is 0 Å². The summed E-state index contributed by atoms with van der Waals surface area (Å²) in [6, 6.07) is 3.67. The van der Waals surface area contributed by atoms with Crippen LogP contribution >= 0.6 is 0 Å². The fourth-order valence-corrected chi connectivity index (χ4v) is 8.02. The van der Waals surface area contributed by atoms with Gasteiger partial charge < -0.3 is 0 Å². The van der Waals surface area contributed by atoms with Gasteiger partial charge in [0, 0.05) is 5.56 Å². The van der Waals surface area contributed by atoms with Crippen molar-refractivity contribution in [2.75, 3.05) is 0 Å². The van der Waals surface area contributed by atoms with Crippen LogP contribution < -0.4 is 0 Å². The van der Waals surface area contributed by atoms with E-state index >= 15 is 0 Å². The van der Waals surface area contributed by atoms with Gasteiger partial charge in [-0.1, -0.05) is 75.8 Å². The molecule has 0 heterocycles. The number of unbranched alkanes of at least 4 members (excludes halogenated alkanes) is 4. The van der Waals surface area contributed by atoms with Crippen molar-refractivity contribution in [3.05, 3.63) is 53.1 Å². The normalized spacial score (nSPS) is 28.5. The lowest BCUT2D eigenvalue weighted by molar-refractivity contribution is 0.120. The van der Waals surface area contributed by atoms with Crippen LogP contribution in [-0.4, -0.2) is 0 Å². The SMILES string of the molecule is C/C=C/CCCCC1CCC(C2CCC(C3CC=C(c4ccc(CCCCC)c(F)c4F)CC3)CC2)CC1. The molecule has 1 aromatic rings. The number of hydrogen-bond acceptors (Lipinski definition) is 0. The van der Waals surface area contributed by atoms with Crippen LogP contribution in [-0.2, 0) is 6.42 Å². The summed E-state index contributed by atoms with van der Waals surface area (Å²) in [6.07, 6.45) is 30.6. The fraction of sp³-hybridized carbons (Fsp3) is 0.722. The summed E-state index contributed by atoms with van der Waals surface area (Å²) in [6.45, 7) is 4.26. The molecule has 2 fully saturated rings. The second-order valence-electron chi connectivity index (χ2n) is 12.9. The largest absolute Gasteiger partial charge is 0.203 e. The maximum absolute atomic E-state index is 14.9. The molecule has 0 aliphatic heterocycles. The number of allylic oxidation sites excluding steroid dienone is 4. The highest BCUT2D eigenvalue weighted by Crippen LogP contribution is 2.46. The molecule has 0 N–H and O–H groups in total. The van der Waals surface area contributed by atoms with Crippen molar-refractivity contribution >= 4 is 5.57 Å². The molecule has 2 heteroatoms. The second kappa shape index (κ2) is 15.4. The summed E-state index contributed by atoms with van der Waals surface area (Å²) in [7, 11) is 0. The predicted octanol–water partition coefficient (Wildman–Crippen LogP) is 11.6. The maximum atomic E-state index is 14.9. The first-order chi connectivity index (χ1) is 18.6. The molecule has 0 aromatic heterocycles. The Morgan fingerprint density at radius 1 is 0.763 bits per heavy atom. The average Bonchev–Trinajstić information content (AvgIpc) is 2.96. The van der Waals surface area contributed by atoms with Crippen LogP contribution in [0.25, 0.3) is 5.57 Å². The highest BCUT2D eigenvalue weighted by Gasteiger charge is 2.34. The Hall–Kier alpha value is -1.44. The highest BCUT2D eigenvalue weighted by atomic mass is 19.2. The quantitative estimate of drug-likeness (QED) is 0.188. The number of rotatable bonds is 12. The summed E-state index contributed by atoms with van der Waals surface area (Å²) >= 11 is 0. The summed E-state index contributed by atoms with van der Waals surface area (Å²) in [4.78, 5) is 0. The molecule has 3 aliphatic carbocycles. The van der Waals surface area contributed by atoms with Gasteiger partial charge in [0.1, 0.15) is 0 Å². The standard InChI is InChI=1S/C36H54F2/c1-3-5-7-8-10-11-27-13-15-28(16-14-27)29-17-19-30(20-18-29)31-21-23-32(24-22-31)34-26-25-33(12-9-6-4-2)35(37)36(34)38/h3,5,23,25-31H,4,6-22,24H2,1-2H3/b5-3+. The van der Waals surface area contributed by atoms with Gasteiger partial charge in [0.15, 0.2) is 11.6 Å². The number of halogens is 2. The van der Waals surface area contributed by atoms with Crippen molar-refractivity contribution in [1.82, 2.24) is 0 Å². The molecule has 0 amide bonds. The molecule has 1 unspecified atom stereocenters. The molecule has 0 radical (unpaired) electrons. The maximum Gasteiger partial charge on any atom is 0.166 e. The summed E-state index contributed by atoms with van der Waals surface area (Å²) in [5, 5.41) is 0. The third-order valence-electron chi connectivity index (χ3n) is 10.5. The van der Waals surface area contributed by atoms with Crippen LogP contribution in [0, 0.1) is 41.2 Å². The zero-order valence-corrected chi connectivity index (χ0v) is 24.5. The third kappa shape index (κ3) is 8.04. The first kappa shape index (κ1) is 29.5. The average molecular weight is 525 g/mol. The topological polar surface area (TPSA) is 0 Å². The molecule has 2 saturated carbocycles. The number of hydrogen-bond donors (Lipinski definition) is 0. The molecular formula is C36H54F2. The monoisotopic (exact) mass is 524 g/mol. The van der Waals surface area contributed by atoms with Crippen molar-refractivity contribution in [2.45, 2.75) is 136 Å². The Kier molecular flexibility index (Phi) is 12.0. The molecule has 38 heavy (non-hydrogen) atoms. The zero-order valence-electron chi connectivity index (χ0n) is 24.5. The molecule has 212 valence electrons. The van der Waals surface area contributed by atoms with E-state index in [9.17, 15) is 8.78 Å². The van der Waals surface area contributed by atoms with E-state index in [1.165, 1.54) is 77.0 Å². The van der Waals surface area contributed by atoms with E-state index in [0.29, 0.717) is 17.5 Å². The van der Waals surface area contributed by atoms with E-state index in [1.54, 1.807) is 0 Å². The molecule has 0 saturated heterocycles. The van der Waals surface area contributed by atoms with E-state index in [-0.39, 0.29) is 0 Å². The Bertz CT molecular complexity index is 896. The minimum Gasteiger partial charge on any atom is -0.203 e. The predicted molar refractivity (Wildman–Crippen MR) is 159 cm³/mol. The van der Waals surface area contributed by atoms with Crippen LogP contribution in [0.4, 0.5) is 8.78 Å². The minimum absolute atomic E-state index is 0.511. The van der Waals surface area contributed by atoms with E-state index in [1.807, 2.05) is 12.1 Å². The lowest BCUT2D eigenvalue weighted by Gasteiger charge is -2.40. The van der Waals surface area contributed by atoms with Crippen molar-refractivity contribution in [2.24, 2.45) is 29.6 Å². The van der Waals surface area contributed by atoms with Gasteiger partial charge in [0.05, 0.1) is 0 Å². The third-order valence-corrected chi connectivity index (χ3v) is 10.5. The summed E-state index contributed by atoms with van der Waals surface area (Å²) in [5.74, 6) is 3.28. The van der Waals surface area contributed by atoms with E-state index < -0.39 is 11.6 Å². The van der Waals surface area contributed by atoms with Gasteiger partial charge in [0.2, 0.25) is 0 Å². The molecule has 1 aromatic carbocycles. The fourth-order valence-electron chi connectivity index (χ4n) is 8.02. The first-order valence-electron chi connectivity index (χ1n) is 16.4. The molecule has 0 nitrogen and oxygen atoms in total. The van der Waals surface area contributed by atoms with E-state index in [2.05, 4.69) is 32.1 Å². The summed E-state index contributed by atoms with van der Waals surface area (Å²) < 4.78 is 29.7. The van der Waals surface area contributed by atoms with Crippen molar-refractivity contribution in [1.29, 1.82) is 0 Å². The van der Waals surface area contributed by atoms with Crippen LogP contribution in [0.1, 0.15) is 141 Å². The Morgan fingerprint density at radius 2 is 1.45 bits per heavy atom. The van der Waals surface area contributed by atoms with Crippen LogP contribution in [0.2, 0.25) is 0 Å². The van der Waals surface area contributed by atoms with Gasteiger partial charge in [-0.05, 0) is 131 Å². The van der Waals surface area contributed by atoms with Gasteiger partial charge in [0.25, 0.3) is 0 Å². The molecule has 0 spiro atoms. The molecule has 0 bridgehead atoms. The van der Waals surface area contributed by atoms with Crippen LogP contribution in [0.3, 0.4) is 0 Å². The van der Waals surface area contributed by atoms with Gasteiger partial charge in [-0.25, -0.2) is 8.78 Å². The van der Waals surface area contributed by atoms with Crippen molar-refractivity contribution in [3.8, 4) is 0 Å². The summed E-state index contributed by atoms with van der Waals surface area (Å²) in [5.41, 5.74) is 2.08. The Morgan fingerprint density at radius 3 is 2.08 bits per heavy atom. The first-order valence-corrected chi connectivity index (χ1v) is 16.4. The van der Waals surface area contributed by atoms with Gasteiger partial charge in [-0.3, -0.25) is 0 Å². The Labute approximate surface area is 232 Å². The molecule has 4 rings (SSSR count). The number of benzene rings is 1. The smallest absolute Gasteiger partial charge is 0.166 e. The van der Waals surface area contributed by atoms with Gasteiger partial charge in [-0.2, -0.15) is 0 Å². The van der Waals surface area contributed by atoms with E-state index in [4.69, 9.17) is 0 Å². The van der Waals surface area contributed by atoms with Crippen LogP contribution in [0.15, 0.2) is 30.4 Å². The lowest BCUT2D eigenvalue weighted by atomic mass is 9.65. The highest BCUT2D eigenvalue weighted by molar-refractivity contribution is 5.67. The van der Waals surface area contributed by atoms with Gasteiger partial charge >= 0.3 is 0 Å². The van der Waals surface area contributed by atoms with Crippen molar-refractivity contribution in [3.63, 3.8) is 0 Å². The molecular weight excluding hydrogens is 470 g/mol. The molecule has 3 aliphatic rings. The van der Waals surface area contributed by atoms with E-state index in [0.717, 1.165) is 73.7 Å². The van der Waals surface area contributed by atoms with Gasteiger partial charge in [-0.15, -0.1) is 0 Å². The number of aryl methyl sites for hydroxylation is 1. The molecule has 1 atom stereocenters.